The van der Waals surface area contributed by atoms with Gasteiger partial charge in [0.2, 0.25) is 5.91 Å². The average Bonchev–Trinajstić information content (AvgIpc) is 3.56. The number of para-hydroxylation sites is 2. The molecule has 2 aromatic carbocycles. The topological polar surface area (TPSA) is 125 Å². The quantitative estimate of drug-likeness (QED) is 0.265. The van der Waals surface area contributed by atoms with Crippen LogP contribution in [0.2, 0.25) is 0 Å². The van der Waals surface area contributed by atoms with Crippen molar-refractivity contribution < 1.29 is 9.59 Å². The van der Waals surface area contributed by atoms with Gasteiger partial charge in [-0.25, -0.2) is 9.59 Å². The summed E-state index contributed by atoms with van der Waals surface area (Å²) >= 11 is 1.65. The molecule has 3 amide bonds. The first kappa shape index (κ1) is 27.5. The molecule has 2 fully saturated rings. The maximum absolute atomic E-state index is 13.5. The largest absolute Gasteiger partial charge is 0.354 e. The summed E-state index contributed by atoms with van der Waals surface area (Å²) in [6.45, 7) is 1.63. The molecule has 0 radical (unpaired) electrons. The average molecular weight is 575 g/mol. The lowest BCUT2D eigenvalue weighted by Crippen LogP contribution is -2.54. The van der Waals surface area contributed by atoms with Gasteiger partial charge < -0.3 is 26.3 Å². The number of nitrogens with one attached hydrogen (secondary N) is 3. The van der Waals surface area contributed by atoms with Crippen LogP contribution >= 0.6 is 11.3 Å². The van der Waals surface area contributed by atoms with E-state index >= 15 is 0 Å². The third-order valence-electron chi connectivity index (χ3n) is 8.80. The molecule has 2 aromatic heterocycles. The van der Waals surface area contributed by atoms with Crippen LogP contribution in [0.5, 0.6) is 0 Å². The van der Waals surface area contributed by atoms with Gasteiger partial charge in [0.15, 0.2) is 0 Å². The van der Waals surface area contributed by atoms with Crippen LogP contribution in [0.3, 0.4) is 0 Å². The maximum atomic E-state index is 13.5. The molecule has 0 bridgehead atoms. The van der Waals surface area contributed by atoms with E-state index < -0.39 is 6.04 Å². The normalized spacial score (nSPS) is 20.8. The third kappa shape index (κ3) is 6.04. The van der Waals surface area contributed by atoms with E-state index in [9.17, 15) is 14.4 Å². The van der Waals surface area contributed by atoms with Gasteiger partial charge in [-0.2, -0.15) is 0 Å². The Morgan fingerprint density at radius 3 is 2.54 bits per heavy atom. The molecule has 3 heterocycles. The van der Waals surface area contributed by atoms with E-state index in [2.05, 4.69) is 33.1 Å². The lowest BCUT2D eigenvalue weighted by Gasteiger charge is -2.33. The van der Waals surface area contributed by atoms with E-state index in [1.165, 1.54) is 4.70 Å². The molecule has 0 unspecified atom stereocenters. The highest BCUT2D eigenvalue weighted by Crippen LogP contribution is 2.28. The van der Waals surface area contributed by atoms with Crippen LogP contribution in [0.4, 0.5) is 4.79 Å². The molecular formula is C31H38N6O3S. The number of urea groups is 1. The fourth-order valence-corrected chi connectivity index (χ4v) is 7.36. The number of nitrogens with zero attached hydrogens (tertiary/aromatic N) is 2. The van der Waals surface area contributed by atoms with Gasteiger partial charge in [0.1, 0.15) is 6.04 Å². The Bertz CT molecular complexity index is 1580. The van der Waals surface area contributed by atoms with Gasteiger partial charge in [0, 0.05) is 42.8 Å². The number of benzene rings is 2. The standard InChI is InChI=1S/C31H38N6O3S/c32-22-11-9-20(10-12-22)18-33-29(38)26(17-21-19-41-28-8-4-1-5-24(21)28)35-30(39)36-15-13-23(14-16-36)37-27-7-3-2-6-25(27)34-31(37)40/h1-8,19-20,22-23,26H,9-18,32H2,(H,33,38)(H,34,40)(H,35,39)/t20?,22?,26-/m1/s1. The van der Waals surface area contributed by atoms with Gasteiger partial charge in [-0.1, -0.05) is 30.3 Å². The van der Waals surface area contributed by atoms with Gasteiger partial charge in [-0.15, -0.1) is 11.3 Å². The number of carbonyl (C=O) groups is 2. The molecule has 1 atom stereocenters. The second-order valence-electron chi connectivity index (χ2n) is 11.5. The molecule has 216 valence electrons. The number of thiophene rings is 1. The first-order valence-corrected chi connectivity index (χ1v) is 15.6. The number of amides is 3. The van der Waals surface area contributed by atoms with Crippen LogP contribution in [0, 0.1) is 5.92 Å². The Kier molecular flexibility index (Phi) is 8.11. The van der Waals surface area contributed by atoms with E-state index in [-0.39, 0.29) is 29.7 Å². The zero-order chi connectivity index (χ0) is 28.3. The molecule has 1 saturated carbocycles. The van der Waals surface area contributed by atoms with Crippen molar-refractivity contribution in [3.63, 3.8) is 0 Å². The van der Waals surface area contributed by atoms with Crippen molar-refractivity contribution in [3.05, 3.63) is 70.0 Å². The predicted octanol–water partition coefficient (Wildman–Crippen LogP) is 4.14. The summed E-state index contributed by atoms with van der Waals surface area (Å²) in [5, 5.41) is 9.40. The second-order valence-corrected chi connectivity index (χ2v) is 12.4. The smallest absolute Gasteiger partial charge is 0.326 e. The summed E-state index contributed by atoms with van der Waals surface area (Å²) in [5.41, 5.74) is 8.72. The number of H-pyrrole nitrogens is 1. The molecule has 2 aliphatic rings. The summed E-state index contributed by atoms with van der Waals surface area (Å²) in [4.78, 5) is 44.3. The lowest BCUT2D eigenvalue weighted by molar-refractivity contribution is -0.123. The highest BCUT2D eigenvalue weighted by Gasteiger charge is 2.30. The van der Waals surface area contributed by atoms with Crippen LogP contribution in [0.25, 0.3) is 21.1 Å². The highest BCUT2D eigenvalue weighted by molar-refractivity contribution is 7.17. The minimum Gasteiger partial charge on any atom is -0.354 e. The summed E-state index contributed by atoms with van der Waals surface area (Å²) < 4.78 is 2.99. The third-order valence-corrected chi connectivity index (χ3v) is 9.81. The molecule has 9 nitrogen and oxygen atoms in total. The van der Waals surface area contributed by atoms with Crippen molar-refractivity contribution in [1.29, 1.82) is 0 Å². The number of nitrogens with two attached hydrogens (primary N) is 1. The van der Waals surface area contributed by atoms with Gasteiger partial charge in [0.25, 0.3) is 0 Å². The van der Waals surface area contributed by atoms with Crippen molar-refractivity contribution in [3.8, 4) is 0 Å². The van der Waals surface area contributed by atoms with E-state index in [1.54, 1.807) is 16.2 Å². The van der Waals surface area contributed by atoms with Crippen LogP contribution in [-0.4, -0.2) is 58.1 Å². The number of imidazole rings is 1. The lowest BCUT2D eigenvalue weighted by atomic mass is 9.86. The Hall–Kier alpha value is -3.63. The van der Waals surface area contributed by atoms with Gasteiger partial charge in [0.05, 0.1) is 11.0 Å². The number of rotatable bonds is 7. The van der Waals surface area contributed by atoms with Gasteiger partial charge in [-0.3, -0.25) is 9.36 Å². The van der Waals surface area contributed by atoms with Crippen LogP contribution in [0.15, 0.2) is 58.7 Å². The van der Waals surface area contributed by atoms with E-state index in [0.29, 0.717) is 44.8 Å². The van der Waals surface area contributed by atoms with Crippen LogP contribution < -0.4 is 22.1 Å². The van der Waals surface area contributed by atoms with E-state index in [0.717, 1.165) is 47.7 Å². The zero-order valence-corrected chi connectivity index (χ0v) is 24.0. The molecule has 4 aromatic rings. The van der Waals surface area contributed by atoms with Crippen molar-refractivity contribution >= 4 is 44.4 Å². The van der Waals surface area contributed by atoms with Crippen molar-refractivity contribution in [2.45, 2.75) is 63.1 Å². The number of aromatic nitrogens is 2. The molecule has 5 N–H and O–H groups in total. The van der Waals surface area contributed by atoms with Crippen LogP contribution in [0.1, 0.15) is 50.1 Å². The maximum Gasteiger partial charge on any atom is 0.326 e. The first-order valence-electron chi connectivity index (χ1n) is 14.7. The number of fused-ring (bicyclic) bond motifs is 2. The summed E-state index contributed by atoms with van der Waals surface area (Å²) in [7, 11) is 0. The van der Waals surface area contributed by atoms with E-state index in [4.69, 9.17) is 5.73 Å². The fraction of sp³-hybridized carbons (Fsp3) is 0.452. The Labute approximate surface area is 243 Å². The number of piperidine rings is 1. The van der Waals surface area contributed by atoms with Gasteiger partial charge in [-0.05, 0) is 79.0 Å². The molecule has 41 heavy (non-hydrogen) atoms. The van der Waals surface area contributed by atoms with Crippen LogP contribution in [-0.2, 0) is 11.2 Å². The molecule has 0 spiro atoms. The summed E-state index contributed by atoms with van der Waals surface area (Å²) in [6, 6.07) is 15.2. The Morgan fingerprint density at radius 1 is 1.00 bits per heavy atom. The fourth-order valence-electron chi connectivity index (χ4n) is 6.38. The second kappa shape index (κ2) is 12.1. The number of carbonyl (C=O) groups excluding carboxylic acids is 2. The minimum absolute atomic E-state index is 0.0163. The van der Waals surface area contributed by atoms with E-state index in [1.807, 2.05) is 41.0 Å². The number of hydrogen-bond acceptors (Lipinski definition) is 5. The minimum atomic E-state index is -0.680. The van der Waals surface area contributed by atoms with Crippen molar-refractivity contribution in [2.75, 3.05) is 19.6 Å². The number of likely N-dealkylation sites (tertiary alicyclic amines) is 1. The zero-order valence-electron chi connectivity index (χ0n) is 23.2. The first-order chi connectivity index (χ1) is 20.0. The SMILES string of the molecule is NC1CCC(CNC(=O)[C@@H](Cc2csc3ccccc23)NC(=O)N2CCC(n3c(=O)[nH]c4ccccc43)CC2)CC1. The monoisotopic (exact) mass is 574 g/mol. The predicted molar refractivity (Wildman–Crippen MR) is 163 cm³/mol. The Balaban J connectivity index is 1.12. The number of aromatic amines is 1. The number of hydrogen-bond donors (Lipinski definition) is 4. The van der Waals surface area contributed by atoms with Gasteiger partial charge >= 0.3 is 11.7 Å². The molecular weight excluding hydrogens is 536 g/mol. The molecule has 1 aliphatic heterocycles. The molecule has 6 rings (SSSR count). The Morgan fingerprint density at radius 2 is 1.73 bits per heavy atom. The highest BCUT2D eigenvalue weighted by atomic mass is 32.1. The van der Waals surface area contributed by atoms with Crippen molar-refractivity contribution in [1.82, 2.24) is 25.1 Å². The molecule has 1 saturated heterocycles. The summed E-state index contributed by atoms with van der Waals surface area (Å²) in [6.07, 6.45) is 5.78. The van der Waals surface area contributed by atoms with Crippen molar-refractivity contribution in [2.24, 2.45) is 11.7 Å². The molecule has 1 aliphatic carbocycles. The molecule has 10 heteroatoms. The summed E-state index contributed by atoms with van der Waals surface area (Å²) in [5.74, 6) is 0.271.